The number of aromatic amines is 1. The fourth-order valence-corrected chi connectivity index (χ4v) is 4.83. The van der Waals surface area contributed by atoms with Gasteiger partial charge in [0.2, 0.25) is 0 Å². The van der Waals surface area contributed by atoms with E-state index in [4.69, 9.17) is 9.47 Å². The van der Waals surface area contributed by atoms with Crippen molar-refractivity contribution in [2.45, 2.75) is 37.9 Å². The summed E-state index contributed by atoms with van der Waals surface area (Å²) >= 11 is 0. The number of piperazine rings is 1. The largest absolute Gasteiger partial charge is 0.488 e. The maximum Gasteiger partial charge on any atom is 0.132 e. The molecule has 34 heavy (non-hydrogen) atoms. The minimum atomic E-state index is -0.0164. The van der Waals surface area contributed by atoms with E-state index in [9.17, 15) is 0 Å². The van der Waals surface area contributed by atoms with Gasteiger partial charge in [0, 0.05) is 57.3 Å². The van der Waals surface area contributed by atoms with Crippen LogP contribution in [0.3, 0.4) is 0 Å². The highest BCUT2D eigenvalue weighted by Gasteiger charge is 2.40. The number of nitrogens with one attached hydrogen (secondary N) is 2. The van der Waals surface area contributed by atoms with Gasteiger partial charge in [0.1, 0.15) is 29.2 Å². The Balaban J connectivity index is 1.17. The molecule has 2 saturated heterocycles. The van der Waals surface area contributed by atoms with Crippen molar-refractivity contribution in [3.8, 4) is 17.1 Å². The summed E-state index contributed by atoms with van der Waals surface area (Å²) in [6, 6.07) is 8.15. The quantitative estimate of drug-likeness (QED) is 0.552. The molecule has 6 rings (SSSR count). The summed E-state index contributed by atoms with van der Waals surface area (Å²) < 4.78 is 12.3. The number of anilines is 1. The second-order valence-electron chi connectivity index (χ2n) is 9.91. The van der Waals surface area contributed by atoms with Gasteiger partial charge in [0.05, 0.1) is 23.9 Å². The molecule has 1 aromatic carbocycles. The van der Waals surface area contributed by atoms with Crippen LogP contribution in [0.4, 0.5) is 5.82 Å². The van der Waals surface area contributed by atoms with Gasteiger partial charge in [-0.3, -0.25) is 5.10 Å². The number of aromatic nitrogens is 4. The maximum absolute atomic E-state index is 6.18. The lowest BCUT2D eigenvalue weighted by atomic mass is 10.1. The first kappa shape index (κ1) is 21.8. The van der Waals surface area contributed by atoms with Crippen LogP contribution in [0, 0.1) is 0 Å². The van der Waals surface area contributed by atoms with Crippen molar-refractivity contribution in [3.05, 3.63) is 30.6 Å². The van der Waals surface area contributed by atoms with Crippen LogP contribution in [0.5, 0.6) is 5.75 Å². The lowest BCUT2D eigenvalue weighted by Crippen LogP contribution is -2.47. The molecule has 3 aromatic rings. The molecule has 2 aromatic heterocycles. The molecule has 0 radical (unpaired) electrons. The highest BCUT2D eigenvalue weighted by atomic mass is 16.5. The molecule has 1 saturated carbocycles. The Morgan fingerprint density at radius 2 is 2.03 bits per heavy atom. The Hall–Kier alpha value is -2.75. The summed E-state index contributed by atoms with van der Waals surface area (Å²) in [4.78, 5) is 14.0. The number of hydrogen-bond donors (Lipinski definition) is 2. The third kappa shape index (κ3) is 4.73. The molecule has 3 aliphatic rings. The fraction of sp³-hybridized carbons (Fsp3) is 0.560. The molecule has 2 aliphatic heterocycles. The third-order valence-electron chi connectivity index (χ3n) is 7.19. The highest BCUT2D eigenvalue weighted by molar-refractivity contribution is 5.93. The Bertz CT molecular complexity index is 1140. The van der Waals surface area contributed by atoms with Crippen LogP contribution in [-0.4, -0.2) is 89.2 Å². The van der Waals surface area contributed by atoms with Crippen LogP contribution < -0.4 is 15.0 Å². The van der Waals surface area contributed by atoms with Crippen molar-refractivity contribution in [1.82, 2.24) is 30.4 Å². The van der Waals surface area contributed by atoms with Crippen molar-refractivity contribution in [2.75, 3.05) is 57.3 Å². The fourth-order valence-electron chi connectivity index (χ4n) is 4.83. The molecule has 4 heterocycles. The van der Waals surface area contributed by atoms with Crippen molar-refractivity contribution in [2.24, 2.45) is 0 Å². The van der Waals surface area contributed by atoms with E-state index < -0.39 is 0 Å². The zero-order valence-corrected chi connectivity index (χ0v) is 19.8. The van der Waals surface area contributed by atoms with Gasteiger partial charge in [-0.2, -0.15) is 5.10 Å². The smallest absolute Gasteiger partial charge is 0.132 e. The molecule has 3 fully saturated rings. The van der Waals surface area contributed by atoms with E-state index in [0.29, 0.717) is 0 Å². The van der Waals surface area contributed by atoms with Crippen LogP contribution in [0.1, 0.15) is 26.2 Å². The molecular formula is C25H33N7O2. The Morgan fingerprint density at radius 3 is 2.88 bits per heavy atom. The first-order chi connectivity index (χ1) is 16.7. The second kappa shape index (κ2) is 9.13. The van der Waals surface area contributed by atoms with E-state index >= 15 is 0 Å². The second-order valence-corrected chi connectivity index (χ2v) is 9.91. The predicted molar refractivity (Wildman–Crippen MR) is 131 cm³/mol. The number of benzene rings is 1. The zero-order chi connectivity index (χ0) is 23.0. The highest BCUT2D eigenvalue weighted by Crippen LogP contribution is 2.40. The minimum Gasteiger partial charge on any atom is -0.488 e. The molecule has 0 amide bonds. The number of nitrogens with zero attached hydrogens (tertiary/aromatic N) is 5. The van der Waals surface area contributed by atoms with Crippen molar-refractivity contribution >= 4 is 16.7 Å². The van der Waals surface area contributed by atoms with E-state index in [-0.39, 0.29) is 11.7 Å². The molecule has 9 heteroatoms. The van der Waals surface area contributed by atoms with Crippen molar-refractivity contribution in [1.29, 1.82) is 0 Å². The van der Waals surface area contributed by atoms with Gasteiger partial charge in [-0.1, -0.05) is 0 Å². The summed E-state index contributed by atoms with van der Waals surface area (Å²) in [6.45, 7) is 10.0. The minimum absolute atomic E-state index is 0.0164. The van der Waals surface area contributed by atoms with E-state index in [1.54, 1.807) is 6.33 Å². The van der Waals surface area contributed by atoms with Crippen LogP contribution in [0.15, 0.2) is 30.6 Å². The van der Waals surface area contributed by atoms with E-state index in [2.05, 4.69) is 48.3 Å². The number of H-pyrrole nitrogens is 1. The van der Waals surface area contributed by atoms with Crippen LogP contribution in [0.2, 0.25) is 0 Å². The molecule has 0 bridgehead atoms. The third-order valence-corrected chi connectivity index (χ3v) is 7.19. The summed E-state index contributed by atoms with van der Waals surface area (Å²) in [6.07, 6.45) is 5.11. The maximum atomic E-state index is 6.18. The SMILES string of the molecule is CC1(Oc2ccc3[nH]nc(-c4cc(N5CCOC(CCN6CCNCC6)C5)ncn4)c3c2)CC1. The standard InChI is InChI=1S/C25H33N7O2/c1-25(5-6-25)34-18-2-3-21-20(14-18)24(30-29-21)22-15-23(28-17-27-22)32-12-13-33-19(16-32)4-9-31-10-7-26-8-11-31/h2-3,14-15,17,19,26H,4-13,16H2,1H3,(H,29,30). The topological polar surface area (TPSA) is 91.4 Å². The molecule has 1 atom stereocenters. The Kier molecular flexibility index (Phi) is 5.84. The lowest BCUT2D eigenvalue weighted by molar-refractivity contribution is 0.0274. The van der Waals surface area contributed by atoms with E-state index in [0.717, 1.165) is 106 Å². The monoisotopic (exact) mass is 463 g/mol. The van der Waals surface area contributed by atoms with Crippen molar-refractivity contribution < 1.29 is 9.47 Å². The molecular weight excluding hydrogens is 430 g/mol. The van der Waals surface area contributed by atoms with E-state index in [1.165, 1.54) is 0 Å². The Labute approximate surface area is 199 Å². The van der Waals surface area contributed by atoms with Gasteiger partial charge in [-0.25, -0.2) is 9.97 Å². The first-order valence-electron chi connectivity index (χ1n) is 12.4. The number of ether oxygens (including phenoxy) is 2. The zero-order valence-electron chi connectivity index (χ0n) is 19.8. The molecule has 2 N–H and O–H groups in total. The van der Waals surface area contributed by atoms with Gasteiger partial charge in [0.25, 0.3) is 0 Å². The number of hydrogen-bond acceptors (Lipinski definition) is 8. The normalized spacial score (nSPS) is 22.7. The van der Waals surface area contributed by atoms with Crippen LogP contribution >= 0.6 is 0 Å². The predicted octanol–water partition coefficient (Wildman–Crippen LogP) is 2.45. The molecule has 9 nitrogen and oxygen atoms in total. The average Bonchev–Trinajstić information content (AvgIpc) is 3.45. The summed E-state index contributed by atoms with van der Waals surface area (Å²) in [5, 5.41) is 12.1. The van der Waals surface area contributed by atoms with Crippen LogP contribution in [-0.2, 0) is 4.74 Å². The molecule has 0 spiro atoms. The molecule has 1 unspecified atom stereocenters. The van der Waals surface area contributed by atoms with Crippen LogP contribution in [0.25, 0.3) is 22.3 Å². The summed E-state index contributed by atoms with van der Waals surface area (Å²) in [5.41, 5.74) is 2.60. The Morgan fingerprint density at radius 1 is 1.15 bits per heavy atom. The molecule has 180 valence electrons. The van der Waals surface area contributed by atoms with Gasteiger partial charge in [-0.05, 0) is 44.4 Å². The molecule has 1 aliphatic carbocycles. The number of fused-ring (bicyclic) bond motifs is 1. The first-order valence-corrected chi connectivity index (χ1v) is 12.4. The van der Waals surface area contributed by atoms with E-state index in [1.807, 2.05) is 18.2 Å². The average molecular weight is 464 g/mol. The van der Waals surface area contributed by atoms with Gasteiger partial charge < -0.3 is 24.6 Å². The van der Waals surface area contributed by atoms with Crippen molar-refractivity contribution in [3.63, 3.8) is 0 Å². The number of morpholine rings is 1. The number of rotatable bonds is 7. The summed E-state index contributed by atoms with van der Waals surface area (Å²) in [5.74, 6) is 1.81. The lowest BCUT2D eigenvalue weighted by Gasteiger charge is -2.35. The van der Waals surface area contributed by atoms with Gasteiger partial charge in [-0.15, -0.1) is 0 Å². The van der Waals surface area contributed by atoms with Gasteiger partial charge in [0.15, 0.2) is 0 Å². The summed E-state index contributed by atoms with van der Waals surface area (Å²) in [7, 11) is 0. The van der Waals surface area contributed by atoms with Gasteiger partial charge >= 0.3 is 0 Å².